The maximum Gasteiger partial charge on any atom is 0.269 e. The largest absolute Gasteiger partial charge is 0.497 e. The predicted octanol–water partition coefficient (Wildman–Crippen LogP) is 3.59. The van der Waals surface area contributed by atoms with Gasteiger partial charge in [-0.05, 0) is 58.1 Å². The molecule has 0 bridgehead atoms. The van der Waals surface area contributed by atoms with Crippen LogP contribution in [0.2, 0.25) is 0 Å². The zero-order valence-corrected chi connectivity index (χ0v) is 23.1. The van der Waals surface area contributed by atoms with E-state index in [4.69, 9.17) is 4.74 Å². The number of benzene rings is 3. The molecule has 0 spiro atoms. The first-order valence-electron chi connectivity index (χ1n) is 13.7. The standard InChI is InChI=1S/C30H30N8O4/c1-42-25-12-7-22-19-26(30(39)31-27(22)20-25)28(29-32-33-34-37(29)14-13-21-5-3-2-4-6-21)36-17-15-35(16-18-36)23-8-10-24(11-9-23)38(40)41/h2-12,19-20,28H,13-18H2,1H3,(H,31,39). The number of hydrogen-bond acceptors (Lipinski definition) is 9. The van der Waals surface area contributed by atoms with Gasteiger partial charge in [-0.3, -0.25) is 19.8 Å². The lowest BCUT2D eigenvalue weighted by Gasteiger charge is -2.39. The number of non-ortho nitro benzene ring substituents is 1. The third-order valence-electron chi connectivity index (χ3n) is 7.74. The summed E-state index contributed by atoms with van der Waals surface area (Å²) in [6.45, 7) is 3.17. The van der Waals surface area contributed by atoms with Gasteiger partial charge >= 0.3 is 0 Å². The van der Waals surface area contributed by atoms with Crippen LogP contribution in [-0.4, -0.2) is 68.3 Å². The third-order valence-corrected chi connectivity index (χ3v) is 7.74. The highest BCUT2D eigenvalue weighted by molar-refractivity contribution is 5.80. The van der Waals surface area contributed by atoms with Gasteiger partial charge in [-0.15, -0.1) is 5.10 Å². The third kappa shape index (κ3) is 5.56. The number of hydrogen-bond donors (Lipinski definition) is 1. The first kappa shape index (κ1) is 27.1. The molecule has 1 unspecified atom stereocenters. The maximum atomic E-state index is 13.6. The second kappa shape index (κ2) is 11.8. The molecule has 0 saturated carbocycles. The first-order chi connectivity index (χ1) is 20.5. The van der Waals surface area contributed by atoms with Gasteiger partial charge < -0.3 is 14.6 Å². The van der Waals surface area contributed by atoms with E-state index in [1.165, 1.54) is 17.7 Å². The van der Waals surface area contributed by atoms with Gasteiger partial charge in [0.2, 0.25) is 0 Å². The number of rotatable bonds is 9. The molecule has 3 heterocycles. The number of fused-ring (bicyclic) bond motifs is 1. The fourth-order valence-corrected chi connectivity index (χ4v) is 5.50. The molecule has 0 amide bonds. The fourth-order valence-electron chi connectivity index (χ4n) is 5.50. The number of pyridine rings is 1. The van der Waals surface area contributed by atoms with Crippen molar-refractivity contribution in [1.29, 1.82) is 0 Å². The van der Waals surface area contributed by atoms with E-state index in [1.54, 1.807) is 23.9 Å². The minimum Gasteiger partial charge on any atom is -0.497 e. The number of ether oxygens (including phenoxy) is 1. The van der Waals surface area contributed by atoms with Crippen molar-refractivity contribution in [2.75, 3.05) is 38.2 Å². The molecule has 12 nitrogen and oxygen atoms in total. The van der Waals surface area contributed by atoms with Crippen molar-refractivity contribution < 1.29 is 9.66 Å². The molecule has 0 aliphatic carbocycles. The van der Waals surface area contributed by atoms with E-state index < -0.39 is 11.0 Å². The zero-order valence-electron chi connectivity index (χ0n) is 23.1. The van der Waals surface area contributed by atoms with Crippen LogP contribution in [0, 0.1) is 10.1 Å². The second-order valence-electron chi connectivity index (χ2n) is 10.2. The van der Waals surface area contributed by atoms with Gasteiger partial charge in [0.1, 0.15) is 11.8 Å². The Morgan fingerprint density at radius 2 is 1.76 bits per heavy atom. The number of H-pyrrole nitrogens is 1. The number of nitrogens with zero attached hydrogens (tertiary/aromatic N) is 7. The quantitative estimate of drug-likeness (QED) is 0.210. The summed E-state index contributed by atoms with van der Waals surface area (Å²) < 4.78 is 7.13. The second-order valence-corrected chi connectivity index (χ2v) is 10.2. The van der Waals surface area contributed by atoms with Crippen molar-refractivity contribution in [3.63, 3.8) is 0 Å². The van der Waals surface area contributed by atoms with Gasteiger partial charge in [-0.2, -0.15) is 0 Å². The molecule has 1 aliphatic rings. The van der Waals surface area contributed by atoms with E-state index in [9.17, 15) is 14.9 Å². The van der Waals surface area contributed by atoms with E-state index in [0.717, 1.165) is 17.5 Å². The Morgan fingerprint density at radius 3 is 2.48 bits per heavy atom. The van der Waals surface area contributed by atoms with Crippen LogP contribution in [0.5, 0.6) is 5.75 Å². The van der Waals surface area contributed by atoms with E-state index in [2.05, 4.69) is 42.4 Å². The number of piperazine rings is 1. The SMILES string of the molecule is COc1ccc2cc(C(c3nnnn3CCc3ccccc3)N3CCN(c4ccc([N+](=O)[O-])cc4)CC3)c(=O)[nH]c2c1. The zero-order chi connectivity index (χ0) is 29.1. The highest BCUT2D eigenvalue weighted by atomic mass is 16.6. The van der Waals surface area contributed by atoms with Crippen LogP contribution in [0.4, 0.5) is 11.4 Å². The molecule has 1 aliphatic heterocycles. The number of aryl methyl sites for hydroxylation is 2. The van der Waals surface area contributed by atoms with Gasteiger partial charge in [0.15, 0.2) is 5.82 Å². The molecule has 12 heteroatoms. The molecule has 5 aromatic rings. The van der Waals surface area contributed by atoms with Gasteiger partial charge in [0.25, 0.3) is 11.2 Å². The van der Waals surface area contributed by atoms with E-state index in [0.29, 0.717) is 55.4 Å². The van der Waals surface area contributed by atoms with Gasteiger partial charge in [-0.25, -0.2) is 4.68 Å². The smallest absolute Gasteiger partial charge is 0.269 e. The Hall–Kier alpha value is -5.10. The van der Waals surface area contributed by atoms with Crippen LogP contribution >= 0.6 is 0 Å². The lowest BCUT2D eigenvalue weighted by atomic mass is 10.0. The Balaban J connectivity index is 1.32. The highest BCUT2D eigenvalue weighted by Gasteiger charge is 2.33. The van der Waals surface area contributed by atoms with Crippen molar-refractivity contribution in [3.8, 4) is 5.75 Å². The Labute approximate surface area is 241 Å². The average molecular weight is 567 g/mol. The first-order valence-corrected chi connectivity index (χ1v) is 13.7. The molecule has 1 fully saturated rings. The average Bonchev–Trinajstić information content (AvgIpc) is 3.49. The minimum atomic E-state index is -0.481. The molecular weight excluding hydrogens is 536 g/mol. The predicted molar refractivity (Wildman–Crippen MR) is 158 cm³/mol. The Kier molecular flexibility index (Phi) is 7.60. The van der Waals surface area contributed by atoms with E-state index in [-0.39, 0.29) is 11.2 Å². The summed E-state index contributed by atoms with van der Waals surface area (Å²) in [6.07, 6.45) is 0.743. The summed E-state index contributed by atoms with van der Waals surface area (Å²) >= 11 is 0. The van der Waals surface area contributed by atoms with Gasteiger partial charge in [-0.1, -0.05) is 30.3 Å². The monoisotopic (exact) mass is 566 g/mol. The molecule has 0 radical (unpaired) electrons. The summed E-state index contributed by atoms with van der Waals surface area (Å²) in [6, 6.07) is 23.8. The van der Waals surface area contributed by atoms with Crippen LogP contribution in [0.1, 0.15) is 23.0 Å². The van der Waals surface area contributed by atoms with Gasteiger partial charge in [0.05, 0.1) is 17.5 Å². The van der Waals surface area contributed by atoms with Crippen molar-refractivity contribution in [2.24, 2.45) is 0 Å². The maximum absolute atomic E-state index is 13.6. The number of anilines is 1. The minimum absolute atomic E-state index is 0.0629. The summed E-state index contributed by atoms with van der Waals surface area (Å²) in [5, 5.41) is 24.7. The van der Waals surface area contributed by atoms with E-state index in [1.807, 2.05) is 42.5 Å². The Morgan fingerprint density at radius 1 is 1.00 bits per heavy atom. The number of aromatic nitrogens is 5. The molecule has 1 saturated heterocycles. The number of nitro groups is 1. The van der Waals surface area contributed by atoms with Crippen LogP contribution < -0.4 is 15.2 Å². The topological polar surface area (TPSA) is 135 Å². The summed E-state index contributed by atoms with van der Waals surface area (Å²) in [5.41, 5.74) is 3.19. The normalized spacial score (nSPS) is 14.6. The lowest BCUT2D eigenvalue weighted by Crippen LogP contribution is -2.49. The molecule has 6 rings (SSSR count). The highest BCUT2D eigenvalue weighted by Crippen LogP contribution is 2.30. The van der Waals surface area contributed by atoms with Crippen LogP contribution in [-0.2, 0) is 13.0 Å². The van der Waals surface area contributed by atoms with Crippen molar-refractivity contribution in [3.05, 3.63) is 116 Å². The van der Waals surface area contributed by atoms with Crippen molar-refractivity contribution >= 4 is 22.3 Å². The number of aromatic amines is 1. The molecule has 2 aromatic heterocycles. The number of nitrogens with one attached hydrogen (secondary N) is 1. The number of methoxy groups -OCH3 is 1. The molecule has 3 aromatic carbocycles. The van der Waals surface area contributed by atoms with Crippen LogP contribution in [0.3, 0.4) is 0 Å². The molecule has 214 valence electrons. The van der Waals surface area contributed by atoms with Crippen molar-refractivity contribution in [1.82, 2.24) is 30.1 Å². The summed E-state index contributed by atoms with van der Waals surface area (Å²) in [7, 11) is 1.59. The number of tetrazole rings is 1. The molecule has 1 N–H and O–H groups in total. The lowest BCUT2D eigenvalue weighted by molar-refractivity contribution is -0.384. The summed E-state index contributed by atoms with van der Waals surface area (Å²) in [4.78, 5) is 31.7. The Bertz CT molecular complexity index is 1750. The summed E-state index contributed by atoms with van der Waals surface area (Å²) in [5.74, 6) is 1.27. The van der Waals surface area contributed by atoms with E-state index >= 15 is 0 Å². The molecule has 1 atom stereocenters. The number of nitro benzene ring substituents is 1. The van der Waals surface area contributed by atoms with Gasteiger partial charge in [0, 0.05) is 62.2 Å². The fraction of sp³-hybridized carbons (Fsp3) is 0.267. The molecular formula is C30H30N8O4. The molecule has 42 heavy (non-hydrogen) atoms. The van der Waals surface area contributed by atoms with Crippen LogP contribution in [0.25, 0.3) is 10.9 Å². The van der Waals surface area contributed by atoms with Crippen molar-refractivity contribution in [2.45, 2.75) is 19.0 Å². The van der Waals surface area contributed by atoms with Crippen LogP contribution in [0.15, 0.2) is 83.7 Å².